The molecule has 0 spiro atoms. The van der Waals surface area contributed by atoms with Gasteiger partial charge in [-0.15, -0.1) is 0 Å². The molecule has 140 valence electrons. The SMILES string of the molecule is CC(C)COC(=O)C(CC(C)C)(C(=O)OCC(C)C)C1CCCC1. The summed E-state index contributed by atoms with van der Waals surface area (Å²) in [5.74, 6) is 0.0288. The van der Waals surface area contributed by atoms with E-state index in [-0.39, 0.29) is 35.6 Å². The number of rotatable bonds is 9. The molecule has 0 bridgehead atoms. The van der Waals surface area contributed by atoms with Crippen LogP contribution in [0.2, 0.25) is 0 Å². The standard InChI is InChI=1S/C20H36O4/c1-14(2)11-20(17-9-7-8-10-17,18(21)23-12-15(3)4)19(22)24-13-16(5)6/h14-17H,7-13H2,1-6H3. The van der Waals surface area contributed by atoms with Crippen LogP contribution in [0, 0.1) is 29.1 Å². The molecule has 1 fully saturated rings. The Morgan fingerprint density at radius 1 is 0.833 bits per heavy atom. The maximum Gasteiger partial charge on any atom is 0.323 e. The van der Waals surface area contributed by atoms with Crippen molar-refractivity contribution in [1.29, 1.82) is 0 Å². The van der Waals surface area contributed by atoms with Gasteiger partial charge < -0.3 is 9.47 Å². The summed E-state index contributed by atoms with van der Waals surface area (Å²) in [6.07, 6.45) is 4.45. The van der Waals surface area contributed by atoms with Crippen LogP contribution in [-0.2, 0) is 19.1 Å². The molecule has 4 nitrogen and oxygen atoms in total. The normalized spacial score (nSPS) is 16.2. The second-order valence-electron chi connectivity index (χ2n) is 8.54. The molecule has 1 aliphatic rings. The first-order valence-electron chi connectivity index (χ1n) is 9.54. The van der Waals surface area contributed by atoms with Crippen LogP contribution in [0.25, 0.3) is 0 Å². The van der Waals surface area contributed by atoms with Crippen molar-refractivity contribution in [3.05, 3.63) is 0 Å². The first-order valence-corrected chi connectivity index (χ1v) is 9.54. The van der Waals surface area contributed by atoms with E-state index in [9.17, 15) is 9.59 Å². The van der Waals surface area contributed by atoms with Gasteiger partial charge in [0, 0.05) is 0 Å². The fourth-order valence-electron chi connectivity index (χ4n) is 3.55. The zero-order valence-corrected chi connectivity index (χ0v) is 16.4. The third-order valence-corrected chi connectivity index (χ3v) is 4.61. The second-order valence-corrected chi connectivity index (χ2v) is 8.54. The van der Waals surface area contributed by atoms with E-state index in [1.165, 1.54) is 0 Å². The number of esters is 2. The number of ether oxygens (including phenoxy) is 2. The van der Waals surface area contributed by atoms with Crippen LogP contribution in [0.5, 0.6) is 0 Å². The molecule has 0 aliphatic heterocycles. The van der Waals surface area contributed by atoms with Crippen LogP contribution in [0.1, 0.15) is 73.6 Å². The Morgan fingerprint density at radius 3 is 1.58 bits per heavy atom. The van der Waals surface area contributed by atoms with Gasteiger partial charge in [0.1, 0.15) is 0 Å². The average Bonchev–Trinajstić information content (AvgIpc) is 3.01. The van der Waals surface area contributed by atoms with E-state index >= 15 is 0 Å². The summed E-state index contributed by atoms with van der Waals surface area (Å²) in [6, 6.07) is 0. The lowest BCUT2D eigenvalue weighted by atomic mass is 9.69. The number of carbonyl (C=O) groups is 2. The van der Waals surface area contributed by atoms with E-state index < -0.39 is 5.41 Å². The summed E-state index contributed by atoms with van der Waals surface area (Å²) in [7, 11) is 0. The van der Waals surface area contributed by atoms with E-state index in [0.717, 1.165) is 25.7 Å². The molecule has 1 aliphatic carbocycles. The van der Waals surface area contributed by atoms with Crippen molar-refractivity contribution < 1.29 is 19.1 Å². The maximum absolute atomic E-state index is 13.1. The van der Waals surface area contributed by atoms with Crippen LogP contribution in [0.4, 0.5) is 0 Å². The Balaban J connectivity index is 3.11. The Hall–Kier alpha value is -1.06. The summed E-state index contributed by atoms with van der Waals surface area (Å²) in [4.78, 5) is 26.1. The van der Waals surface area contributed by atoms with Gasteiger partial charge in [-0.2, -0.15) is 0 Å². The quantitative estimate of drug-likeness (QED) is 0.454. The average molecular weight is 341 g/mol. The van der Waals surface area contributed by atoms with Gasteiger partial charge in [-0.3, -0.25) is 9.59 Å². The molecule has 0 unspecified atom stereocenters. The van der Waals surface area contributed by atoms with Crippen LogP contribution in [0.3, 0.4) is 0 Å². The van der Waals surface area contributed by atoms with Gasteiger partial charge in [0.15, 0.2) is 5.41 Å². The zero-order chi connectivity index (χ0) is 18.3. The highest BCUT2D eigenvalue weighted by atomic mass is 16.6. The van der Waals surface area contributed by atoms with Crippen LogP contribution in [0.15, 0.2) is 0 Å². The van der Waals surface area contributed by atoms with Crippen molar-refractivity contribution in [1.82, 2.24) is 0 Å². The summed E-state index contributed by atoms with van der Waals surface area (Å²) >= 11 is 0. The maximum atomic E-state index is 13.1. The van der Waals surface area contributed by atoms with E-state index in [1.807, 2.05) is 27.7 Å². The van der Waals surface area contributed by atoms with Gasteiger partial charge in [0.05, 0.1) is 13.2 Å². The van der Waals surface area contributed by atoms with Gasteiger partial charge >= 0.3 is 11.9 Å². The molecule has 0 aromatic rings. The van der Waals surface area contributed by atoms with Gasteiger partial charge in [-0.05, 0) is 42.9 Å². The molecule has 0 aromatic carbocycles. The monoisotopic (exact) mass is 340 g/mol. The number of hydrogen-bond acceptors (Lipinski definition) is 4. The molecule has 0 atom stereocenters. The molecule has 0 N–H and O–H groups in total. The summed E-state index contributed by atoms with van der Waals surface area (Å²) < 4.78 is 11.1. The van der Waals surface area contributed by atoms with Gasteiger partial charge in [0.25, 0.3) is 0 Å². The summed E-state index contributed by atoms with van der Waals surface area (Å²) in [5, 5.41) is 0. The predicted molar refractivity (Wildman–Crippen MR) is 95.4 cm³/mol. The van der Waals surface area contributed by atoms with Crippen LogP contribution < -0.4 is 0 Å². The van der Waals surface area contributed by atoms with Crippen molar-refractivity contribution in [3.8, 4) is 0 Å². The van der Waals surface area contributed by atoms with Crippen molar-refractivity contribution in [3.63, 3.8) is 0 Å². The fourth-order valence-corrected chi connectivity index (χ4v) is 3.55. The first-order chi connectivity index (χ1) is 11.2. The minimum absolute atomic E-state index is 0.0409. The summed E-state index contributed by atoms with van der Waals surface area (Å²) in [6.45, 7) is 12.8. The molecule has 1 saturated carbocycles. The highest BCUT2D eigenvalue weighted by Crippen LogP contribution is 2.46. The Labute approximate surface area is 147 Å². The lowest BCUT2D eigenvalue weighted by Gasteiger charge is -2.36. The van der Waals surface area contributed by atoms with Gasteiger partial charge in [-0.1, -0.05) is 54.4 Å². The summed E-state index contributed by atoms with van der Waals surface area (Å²) in [5.41, 5.74) is -1.13. The molecule has 0 saturated heterocycles. The minimum atomic E-state index is -1.13. The lowest BCUT2D eigenvalue weighted by Crippen LogP contribution is -2.48. The van der Waals surface area contributed by atoms with Crippen LogP contribution >= 0.6 is 0 Å². The van der Waals surface area contributed by atoms with Crippen LogP contribution in [-0.4, -0.2) is 25.2 Å². The largest absolute Gasteiger partial charge is 0.465 e. The minimum Gasteiger partial charge on any atom is -0.465 e. The Kier molecular flexibility index (Phi) is 8.24. The number of hydrogen-bond donors (Lipinski definition) is 0. The Bertz CT molecular complexity index is 382. The third-order valence-electron chi connectivity index (χ3n) is 4.61. The highest BCUT2D eigenvalue weighted by molar-refractivity contribution is 6.00. The molecular weight excluding hydrogens is 304 g/mol. The smallest absolute Gasteiger partial charge is 0.323 e. The van der Waals surface area contributed by atoms with Crippen molar-refractivity contribution in [2.45, 2.75) is 73.6 Å². The lowest BCUT2D eigenvalue weighted by molar-refractivity contribution is -0.180. The van der Waals surface area contributed by atoms with E-state index in [1.54, 1.807) is 0 Å². The third kappa shape index (κ3) is 5.49. The van der Waals surface area contributed by atoms with E-state index in [4.69, 9.17) is 9.47 Å². The van der Waals surface area contributed by atoms with Crippen molar-refractivity contribution in [2.24, 2.45) is 29.1 Å². The molecule has 0 aromatic heterocycles. The topological polar surface area (TPSA) is 52.6 Å². The van der Waals surface area contributed by atoms with Crippen molar-refractivity contribution >= 4 is 11.9 Å². The predicted octanol–water partition coefficient (Wildman–Crippen LogP) is 4.61. The first kappa shape index (κ1) is 21.0. The molecule has 1 rings (SSSR count). The number of carbonyl (C=O) groups excluding carboxylic acids is 2. The van der Waals surface area contributed by atoms with E-state index in [2.05, 4.69) is 13.8 Å². The molecule has 24 heavy (non-hydrogen) atoms. The van der Waals surface area contributed by atoms with Gasteiger partial charge in [0.2, 0.25) is 0 Å². The fraction of sp³-hybridized carbons (Fsp3) is 0.900. The molecule has 0 radical (unpaired) electrons. The van der Waals surface area contributed by atoms with E-state index in [0.29, 0.717) is 19.6 Å². The van der Waals surface area contributed by atoms with Crippen molar-refractivity contribution in [2.75, 3.05) is 13.2 Å². The molecule has 4 heteroatoms. The van der Waals surface area contributed by atoms with Gasteiger partial charge in [-0.25, -0.2) is 0 Å². The molecular formula is C20H36O4. The molecule has 0 amide bonds. The molecule has 0 heterocycles. The second kappa shape index (κ2) is 9.43. The highest BCUT2D eigenvalue weighted by Gasteiger charge is 2.55. The zero-order valence-electron chi connectivity index (χ0n) is 16.4. The Morgan fingerprint density at radius 2 is 1.25 bits per heavy atom.